The molecular formula is C23H32N2OS. The van der Waals surface area contributed by atoms with Gasteiger partial charge in [0, 0.05) is 17.0 Å². The van der Waals surface area contributed by atoms with Crippen LogP contribution in [-0.2, 0) is 5.41 Å². The summed E-state index contributed by atoms with van der Waals surface area (Å²) >= 11 is 1.65. The zero-order valence-corrected chi connectivity index (χ0v) is 17.9. The molecule has 1 amide bonds. The van der Waals surface area contributed by atoms with E-state index in [1.807, 2.05) is 23.6 Å². The summed E-state index contributed by atoms with van der Waals surface area (Å²) in [5.74, 6) is 1.32. The summed E-state index contributed by atoms with van der Waals surface area (Å²) in [5.41, 5.74) is 2.55. The van der Waals surface area contributed by atoms with Crippen molar-refractivity contribution in [2.75, 3.05) is 5.32 Å². The second-order valence-corrected chi connectivity index (χ2v) is 9.72. The third-order valence-electron chi connectivity index (χ3n) is 5.63. The van der Waals surface area contributed by atoms with E-state index in [2.05, 4.69) is 39.1 Å². The van der Waals surface area contributed by atoms with Crippen LogP contribution in [0.1, 0.15) is 93.2 Å². The standard InChI is InChI=1S/C23H32N2OS/c1-5-8-16-11-13-17(14-12-16)22-25-20(15-27-22)21(26)24-19-10-7-6-9-18(19)23(2,3)4/h6-7,9-10,15-17H,5,8,11-14H2,1-4H3,(H,24,26). The van der Waals surface area contributed by atoms with E-state index in [1.165, 1.54) is 38.5 Å². The SMILES string of the molecule is CCCC1CCC(c2nc(C(=O)Nc3ccccc3C(C)(C)C)cs2)CC1. The van der Waals surface area contributed by atoms with Crippen LogP contribution in [0.25, 0.3) is 0 Å². The Labute approximate surface area is 167 Å². The lowest BCUT2D eigenvalue weighted by Gasteiger charge is -2.26. The van der Waals surface area contributed by atoms with Gasteiger partial charge in [0.05, 0.1) is 5.01 Å². The van der Waals surface area contributed by atoms with Crippen molar-refractivity contribution in [1.82, 2.24) is 4.98 Å². The molecule has 3 rings (SSSR count). The number of para-hydroxylation sites is 1. The number of hydrogen-bond donors (Lipinski definition) is 1. The van der Waals surface area contributed by atoms with Crippen molar-refractivity contribution in [3.8, 4) is 0 Å². The highest BCUT2D eigenvalue weighted by molar-refractivity contribution is 7.09. The zero-order valence-electron chi connectivity index (χ0n) is 17.0. The highest BCUT2D eigenvalue weighted by Crippen LogP contribution is 2.38. The third kappa shape index (κ3) is 4.98. The summed E-state index contributed by atoms with van der Waals surface area (Å²) in [7, 11) is 0. The van der Waals surface area contributed by atoms with Gasteiger partial charge in [-0.3, -0.25) is 4.79 Å². The highest BCUT2D eigenvalue weighted by Gasteiger charge is 2.25. The Hall–Kier alpha value is -1.68. The van der Waals surface area contributed by atoms with Crippen LogP contribution in [0.5, 0.6) is 0 Å². The number of aromatic nitrogens is 1. The monoisotopic (exact) mass is 384 g/mol. The molecule has 0 unspecified atom stereocenters. The molecule has 4 heteroatoms. The number of thiazole rings is 1. The molecule has 27 heavy (non-hydrogen) atoms. The Balaban J connectivity index is 1.66. The molecule has 146 valence electrons. The maximum Gasteiger partial charge on any atom is 0.275 e. The average Bonchev–Trinajstić information content (AvgIpc) is 3.12. The number of nitrogens with zero attached hydrogens (tertiary/aromatic N) is 1. The van der Waals surface area contributed by atoms with Gasteiger partial charge in [-0.05, 0) is 48.6 Å². The summed E-state index contributed by atoms with van der Waals surface area (Å²) in [6.07, 6.45) is 7.67. The number of benzene rings is 1. The fourth-order valence-corrected chi connectivity index (χ4v) is 5.09. The first kappa shape index (κ1) is 20.1. The van der Waals surface area contributed by atoms with E-state index in [1.54, 1.807) is 11.3 Å². The van der Waals surface area contributed by atoms with Gasteiger partial charge in [0.1, 0.15) is 5.69 Å². The van der Waals surface area contributed by atoms with Gasteiger partial charge in [-0.2, -0.15) is 0 Å². The van der Waals surface area contributed by atoms with Gasteiger partial charge in [0.15, 0.2) is 0 Å². The van der Waals surface area contributed by atoms with Crippen molar-refractivity contribution in [3.63, 3.8) is 0 Å². The lowest BCUT2D eigenvalue weighted by atomic mass is 9.80. The van der Waals surface area contributed by atoms with Crippen LogP contribution in [-0.4, -0.2) is 10.9 Å². The number of nitrogens with one attached hydrogen (secondary N) is 1. The summed E-state index contributed by atoms with van der Waals surface area (Å²) in [6.45, 7) is 8.76. The van der Waals surface area contributed by atoms with Gasteiger partial charge in [-0.1, -0.05) is 58.7 Å². The van der Waals surface area contributed by atoms with Gasteiger partial charge in [0.25, 0.3) is 5.91 Å². The third-order valence-corrected chi connectivity index (χ3v) is 6.64. The van der Waals surface area contributed by atoms with Crippen LogP contribution >= 0.6 is 11.3 Å². The Bertz CT molecular complexity index is 767. The normalized spacial score (nSPS) is 20.4. The predicted octanol–water partition coefficient (Wildman–Crippen LogP) is 6.77. The topological polar surface area (TPSA) is 42.0 Å². The fraction of sp³-hybridized carbons (Fsp3) is 0.565. The van der Waals surface area contributed by atoms with Crippen LogP contribution in [0.3, 0.4) is 0 Å². The average molecular weight is 385 g/mol. The number of carbonyl (C=O) groups excluding carboxylic acids is 1. The molecule has 1 fully saturated rings. The summed E-state index contributed by atoms with van der Waals surface area (Å²) in [4.78, 5) is 17.5. The van der Waals surface area contributed by atoms with Crippen LogP contribution in [0.2, 0.25) is 0 Å². The van der Waals surface area contributed by atoms with E-state index in [0.29, 0.717) is 11.6 Å². The molecule has 0 spiro atoms. The van der Waals surface area contributed by atoms with E-state index >= 15 is 0 Å². The molecule has 3 nitrogen and oxygen atoms in total. The summed E-state index contributed by atoms with van der Waals surface area (Å²) < 4.78 is 0. The molecule has 1 heterocycles. The quantitative estimate of drug-likeness (QED) is 0.618. The maximum atomic E-state index is 12.8. The van der Waals surface area contributed by atoms with Gasteiger partial charge in [-0.25, -0.2) is 4.98 Å². The lowest BCUT2D eigenvalue weighted by molar-refractivity contribution is 0.102. The van der Waals surface area contributed by atoms with E-state index in [-0.39, 0.29) is 11.3 Å². The van der Waals surface area contributed by atoms with Crippen molar-refractivity contribution in [1.29, 1.82) is 0 Å². The van der Waals surface area contributed by atoms with Crippen LogP contribution < -0.4 is 5.32 Å². The second kappa shape index (κ2) is 8.55. The number of hydrogen-bond acceptors (Lipinski definition) is 3. The number of amides is 1. The van der Waals surface area contributed by atoms with Gasteiger partial charge in [0.2, 0.25) is 0 Å². The molecule has 1 aromatic carbocycles. The zero-order chi connectivity index (χ0) is 19.4. The van der Waals surface area contributed by atoms with Crippen LogP contribution in [0, 0.1) is 5.92 Å². The van der Waals surface area contributed by atoms with Gasteiger partial charge < -0.3 is 5.32 Å². The highest BCUT2D eigenvalue weighted by atomic mass is 32.1. The smallest absolute Gasteiger partial charge is 0.275 e. The molecule has 0 saturated heterocycles. The first-order valence-corrected chi connectivity index (χ1v) is 11.1. The molecule has 0 aliphatic heterocycles. The lowest BCUT2D eigenvalue weighted by Crippen LogP contribution is -2.19. The molecule has 0 atom stereocenters. The van der Waals surface area contributed by atoms with E-state index in [9.17, 15) is 4.79 Å². The molecule has 1 aliphatic carbocycles. The van der Waals surface area contributed by atoms with Crippen molar-refractivity contribution in [3.05, 3.63) is 45.9 Å². The van der Waals surface area contributed by atoms with Crippen molar-refractivity contribution >= 4 is 22.9 Å². The van der Waals surface area contributed by atoms with Gasteiger partial charge in [-0.15, -0.1) is 11.3 Å². The van der Waals surface area contributed by atoms with Crippen LogP contribution in [0.15, 0.2) is 29.6 Å². The number of anilines is 1. The molecule has 0 radical (unpaired) electrons. The van der Waals surface area contributed by atoms with E-state index < -0.39 is 0 Å². The fourth-order valence-electron chi connectivity index (χ4n) is 4.12. The van der Waals surface area contributed by atoms with Crippen molar-refractivity contribution < 1.29 is 4.79 Å². The molecule has 1 saturated carbocycles. The minimum Gasteiger partial charge on any atom is -0.320 e. The first-order valence-electron chi connectivity index (χ1n) is 10.2. The largest absolute Gasteiger partial charge is 0.320 e. The van der Waals surface area contributed by atoms with E-state index in [4.69, 9.17) is 4.98 Å². The molecule has 1 aromatic heterocycles. The number of rotatable bonds is 5. The molecule has 0 bridgehead atoms. The van der Waals surface area contributed by atoms with Crippen molar-refractivity contribution in [2.24, 2.45) is 5.92 Å². The Morgan fingerprint density at radius 3 is 2.56 bits per heavy atom. The Morgan fingerprint density at radius 1 is 1.19 bits per heavy atom. The van der Waals surface area contributed by atoms with E-state index in [0.717, 1.165) is 22.2 Å². The van der Waals surface area contributed by atoms with Crippen LogP contribution in [0.4, 0.5) is 5.69 Å². The van der Waals surface area contributed by atoms with Crippen molar-refractivity contribution in [2.45, 2.75) is 77.6 Å². The molecule has 1 aliphatic rings. The summed E-state index contributed by atoms with van der Waals surface area (Å²) in [5, 5.41) is 6.14. The molecular weight excluding hydrogens is 352 g/mol. The maximum absolute atomic E-state index is 12.8. The number of carbonyl (C=O) groups is 1. The minimum absolute atomic E-state index is 0.0196. The second-order valence-electron chi connectivity index (χ2n) is 8.83. The molecule has 1 N–H and O–H groups in total. The Morgan fingerprint density at radius 2 is 1.89 bits per heavy atom. The predicted molar refractivity (Wildman–Crippen MR) is 115 cm³/mol. The minimum atomic E-state index is -0.103. The summed E-state index contributed by atoms with van der Waals surface area (Å²) in [6, 6.07) is 8.04. The van der Waals surface area contributed by atoms with Gasteiger partial charge >= 0.3 is 0 Å². The first-order chi connectivity index (χ1) is 12.9. The molecule has 2 aromatic rings. The Kier molecular flexibility index (Phi) is 6.36.